The fraction of sp³-hybridized carbons (Fsp3) is 0.350. The number of anilines is 2. The number of rotatable bonds is 4. The Bertz CT molecular complexity index is 815. The number of hydrogen-bond donors (Lipinski definition) is 2. The van der Waals surface area contributed by atoms with E-state index in [2.05, 4.69) is 40.3 Å². The van der Waals surface area contributed by atoms with Crippen LogP contribution in [0.1, 0.15) is 48.6 Å². The Morgan fingerprint density at radius 3 is 3.04 bits per heavy atom. The van der Waals surface area contributed by atoms with Gasteiger partial charge in [-0.15, -0.1) is 11.3 Å². The molecule has 1 aliphatic heterocycles. The molecule has 2 aromatic rings. The summed E-state index contributed by atoms with van der Waals surface area (Å²) < 4.78 is 0. The second-order valence-electron chi connectivity index (χ2n) is 6.67. The summed E-state index contributed by atoms with van der Waals surface area (Å²) in [6.07, 6.45) is 6.94. The summed E-state index contributed by atoms with van der Waals surface area (Å²) in [6.45, 7) is 2.01. The van der Waals surface area contributed by atoms with Crippen LogP contribution in [0.15, 0.2) is 41.8 Å². The van der Waals surface area contributed by atoms with Crippen molar-refractivity contribution in [1.29, 1.82) is 0 Å². The molecule has 1 amide bonds. The predicted molar refractivity (Wildman–Crippen MR) is 106 cm³/mol. The van der Waals surface area contributed by atoms with Crippen molar-refractivity contribution in [3.8, 4) is 0 Å². The molecule has 0 bridgehead atoms. The Kier molecular flexibility index (Phi) is 4.57. The number of nitrogens with one attached hydrogen (secondary N) is 2. The lowest BCUT2D eigenvalue weighted by Crippen LogP contribution is -2.29. The van der Waals surface area contributed by atoms with Crippen molar-refractivity contribution >= 4 is 40.2 Å². The first kappa shape index (κ1) is 16.7. The van der Waals surface area contributed by atoms with Gasteiger partial charge >= 0.3 is 0 Å². The monoisotopic (exact) mass is 372 g/mol. The van der Waals surface area contributed by atoms with E-state index in [-0.39, 0.29) is 17.9 Å². The summed E-state index contributed by atoms with van der Waals surface area (Å²) in [5.74, 6) is 0.788. The van der Waals surface area contributed by atoms with Crippen LogP contribution in [0.25, 0.3) is 0 Å². The van der Waals surface area contributed by atoms with Crippen molar-refractivity contribution in [2.24, 2.45) is 5.92 Å². The molecule has 2 N–H and O–H groups in total. The van der Waals surface area contributed by atoms with Gasteiger partial charge in [-0.1, -0.05) is 36.7 Å². The van der Waals surface area contributed by atoms with E-state index >= 15 is 0 Å². The molecule has 0 saturated heterocycles. The van der Waals surface area contributed by atoms with Gasteiger partial charge in [0.2, 0.25) is 5.91 Å². The lowest BCUT2D eigenvalue weighted by Gasteiger charge is -2.38. The van der Waals surface area contributed by atoms with Crippen LogP contribution in [-0.4, -0.2) is 5.91 Å². The van der Waals surface area contributed by atoms with Gasteiger partial charge in [0.25, 0.3) is 0 Å². The van der Waals surface area contributed by atoms with Gasteiger partial charge in [0, 0.05) is 28.5 Å². The molecular formula is C20H21ClN2OS. The maximum Gasteiger partial charge on any atom is 0.224 e. The zero-order chi connectivity index (χ0) is 17.4. The van der Waals surface area contributed by atoms with Gasteiger partial charge in [0.05, 0.1) is 16.8 Å². The van der Waals surface area contributed by atoms with Crippen LogP contribution in [0.2, 0.25) is 5.02 Å². The first-order valence-electron chi connectivity index (χ1n) is 8.78. The first-order chi connectivity index (χ1) is 12.2. The fourth-order valence-corrected chi connectivity index (χ4v) is 5.04. The highest BCUT2D eigenvalue weighted by Crippen LogP contribution is 2.54. The minimum absolute atomic E-state index is 0.0610. The molecule has 1 aromatic carbocycles. The van der Waals surface area contributed by atoms with Crippen LogP contribution in [0.5, 0.6) is 0 Å². The molecule has 0 radical (unpaired) electrons. The zero-order valence-electron chi connectivity index (χ0n) is 14.1. The molecule has 2 aliphatic rings. The number of hydrogen-bond acceptors (Lipinski definition) is 3. The van der Waals surface area contributed by atoms with Gasteiger partial charge in [-0.25, -0.2) is 0 Å². The van der Waals surface area contributed by atoms with E-state index in [0.717, 1.165) is 29.8 Å². The number of fused-ring (bicyclic) bond motifs is 3. The van der Waals surface area contributed by atoms with Crippen molar-refractivity contribution in [3.05, 3.63) is 57.3 Å². The van der Waals surface area contributed by atoms with Crippen molar-refractivity contribution in [2.45, 2.75) is 38.1 Å². The third kappa shape index (κ3) is 2.98. The number of benzene rings is 1. The topological polar surface area (TPSA) is 41.1 Å². The van der Waals surface area contributed by atoms with E-state index in [4.69, 9.17) is 11.6 Å². The van der Waals surface area contributed by atoms with Crippen molar-refractivity contribution < 1.29 is 4.79 Å². The smallest absolute Gasteiger partial charge is 0.224 e. The highest BCUT2D eigenvalue weighted by atomic mass is 35.5. The highest BCUT2D eigenvalue weighted by molar-refractivity contribution is 7.10. The van der Waals surface area contributed by atoms with Crippen LogP contribution in [-0.2, 0) is 4.79 Å². The number of allylic oxidation sites excluding steroid dienone is 2. The van der Waals surface area contributed by atoms with Gasteiger partial charge in [-0.3, -0.25) is 4.79 Å². The Hall–Kier alpha value is -1.78. The maximum absolute atomic E-state index is 12.1. The molecule has 1 aromatic heterocycles. The molecule has 1 aliphatic carbocycles. The van der Waals surface area contributed by atoms with Gasteiger partial charge in [0.15, 0.2) is 0 Å². The highest BCUT2D eigenvalue weighted by Gasteiger charge is 2.40. The average molecular weight is 373 g/mol. The van der Waals surface area contributed by atoms with E-state index < -0.39 is 0 Å². The van der Waals surface area contributed by atoms with Crippen LogP contribution in [0.3, 0.4) is 0 Å². The molecular weight excluding hydrogens is 352 g/mol. The normalized spacial score (nSPS) is 23.7. The molecule has 4 rings (SSSR count). The summed E-state index contributed by atoms with van der Waals surface area (Å²) >= 11 is 8.31. The third-order valence-electron chi connectivity index (χ3n) is 5.07. The quantitative estimate of drug-likeness (QED) is 0.649. The minimum atomic E-state index is 0.0610. The Labute approximate surface area is 157 Å². The summed E-state index contributed by atoms with van der Waals surface area (Å²) in [5, 5.41) is 9.59. The standard InChI is InChI=1S/C20H21ClN2OS/c1-2-5-17(24)22-15-10-9-14(21)20-18(15)12-6-3-7-13(12)19(23-20)16-8-4-11-25-16/h3-4,6,8-13,19,23H,2,5,7H2,1H3,(H,22,24). The summed E-state index contributed by atoms with van der Waals surface area (Å²) in [7, 11) is 0. The molecule has 3 atom stereocenters. The molecule has 0 saturated carbocycles. The van der Waals surface area contributed by atoms with E-state index in [1.54, 1.807) is 11.3 Å². The van der Waals surface area contributed by atoms with Gasteiger partial charge in [-0.05, 0) is 42.3 Å². The van der Waals surface area contributed by atoms with Gasteiger partial charge in [-0.2, -0.15) is 0 Å². The number of thiophene rings is 1. The molecule has 0 spiro atoms. The molecule has 3 nitrogen and oxygen atoms in total. The van der Waals surface area contributed by atoms with Crippen molar-refractivity contribution in [3.63, 3.8) is 0 Å². The average Bonchev–Trinajstić information content (AvgIpc) is 3.28. The summed E-state index contributed by atoms with van der Waals surface area (Å²) in [5.41, 5.74) is 2.97. The molecule has 5 heteroatoms. The van der Waals surface area contributed by atoms with Crippen LogP contribution in [0, 0.1) is 5.92 Å². The van der Waals surface area contributed by atoms with Crippen molar-refractivity contribution in [2.75, 3.05) is 10.6 Å². The SMILES string of the molecule is CCCC(=O)Nc1ccc(Cl)c2c1C1C=CCC1C(c1cccs1)N2. The van der Waals surface area contributed by atoms with E-state index in [9.17, 15) is 4.79 Å². The molecule has 0 fully saturated rings. The zero-order valence-corrected chi connectivity index (χ0v) is 15.7. The lowest BCUT2D eigenvalue weighted by molar-refractivity contribution is -0.116. The maximum atomic E-state index is 12.1. The molecule has 130 valence electrons. The van der Waals surface area contributed by atoms with Gasteiger partial charge in [0.1, 0.15) is 0 Å². The van der Waals surface area contributed by atoms with Crippen LogP contribution >= 0.6 is 22.9 Å². The van der Waals surface area contributed by atoms with Crippen molar-refractivity contribution in [1.82, 2.24) is 0 Å². The Morgan fingerprint density at radius 1 is 1.40 bits per heavy atom. The van der Waals surface area contributed by atoms with E-state index in [0.29, 0.717) is 17.4 Å². The van der Waals surface area contributed by atoms with Crippen LogP contribution in [0.4, 0.5) is 11.4 Å². The molecule has 3 unspecified atom stereocenters. The molecule has 2 heterocycles. The Morgan fingerprint density at radius 2 is 2.28 bits per heavy atom. The number of carbonyl (C=O) groups excluding carboxylic acids is 1. The van der Waals surface area contributed by atoms with Gasteiger partial charge < -0.3 is 10.6 Å². The number of amides is 1. The van der Waals surface area contributed by atoms with Crippen LogP contribution < -0.4 is 10.6 Å². The third-order valence-corrected chi connectivity index (χ3v) is 6.34. The second-order valence-corrected chi connectivity index (χ2v) is 8.06. The number of carbonyl (C=O) groups is 1. The Balaban J connectivity index is 1.77. The molecule has 25 heavy (non-hydrogen) atoms. The number of halogens is 1. The summed E-state index contributed by atoms with van der Waals surface area (Å²) in [4.78, 5) is 13.5. The lowest BCUT2D eigenvalue weighted by atomic mass is 9.78. The first-order valence-corrected chi connectivity index (χ1v) is 10.0. The van der Waals surface area contributed by atoms with E-state index in [1.807, 2.05) is 19.1 Å². The predicted octanol–water partition coefficient (Wildman–Crippen LogP) is 5.97. The second kappa shape index (κ2) is 6.85. The fourth-order valence-electron chi connectivity index (χ4n) is 3.97. The van der Waals surface area contributed by atoms with E-state index in [1.165, 1.54) is 4.88 Å². The summed E-state index contributed by atoms with van der Waals surface area (Å²) in [6, 6.07) is 8.34. The largest absolute Gasteiger partial charge is 0.376 e. The minimum Gasteiger partial charge on any atom is -0.376 e.